The van der Waals surface area contributed by atoms with E-state index in [4.69, 9.17) is 0 Å². The van der Waals surface area contributed by atoms with Gasteiger partial charge in [0.1, 0.15) is 8.80 Å². The molecule has 163 valence electrons. The Labute approximate surface area is 207 Å². The van der Waals surface area contributed by atoms with Crippen LogP contribution < -0.4 is 15.6 Å². The second-order valence-corrected chi connectivity index (χ2v) is 13.9. The molecule has 0 aliphatic heterocycles. The molecule has 3 radical (unpaired) electrons. The Balaban J connectivity index is 1.66. The van der Waals surface area contributed by atoms with Crippen molar-refractivity contribution >= 4 is 33.9 Å². The average molecular weight is 468 g/mol. The Kier molecular flexibility index (Phi) is 6.71. The summed E-state index contributed by atoms with van der Waals surface area (Å²) in [6.45, 7) is 2.49. The minimum absolute atomic E-state index is 0.00998. The summed E-state index contributed by atoms with van der Waals surface area (Å²) in [4.78, 5) is 0. The maximum atomic E-state index is 2.49. The number of rotatable bonds is 7. The molecular formula is C32H27Si2. The first-order valence-electron chi connectivity index (χ1n) is 11.7. The van der Waals surface area contributed by atoms with Gasteiger partial charge in [0.15, 0.2) is 0 Å². The van der Waals surface area contributed by atoms with Crippen LogP contribution in [0, 0.1) is 0 Å². The maximum absolute atomic E-state index is 2.49. The van der Waals surface area contributed by atoms with Gasteiger partial charge >= 0.3 is 0 Å². The normalized spacial score (nSPS) is 12.9. The lowest BCUT2D eigenvalue weighted by Gasteiger charge is -2.38. The lowest BCUT2D eigenvalue weighted by molar-refractivity contribution is 0.940. The molecule has 5 rings (SSSR count). The molecular weight excluding hydrogens is 441 g/mol. The van der Waals surface area contributed by atoms with Gasteiger partial charge in [-0.25, -0.2) is 0 Å². The fourth-order valence-corrected chi connectivity index (χ4v) is 10.7. The molecule has 0 nitrogen and oxygen atoms in total. The van der Waals surface area contributed by atoms with Gasteiger partial charge < -0.3 is 0 Å². The molecule has 0 aromatic heterocycles. The summed E-state index contributed by atoms with van der Waals surface area (Å²) in [6, 6.07) is 53.3. The highest BCUT2D eigenvalue weighted by Crippen LogP contribution is 2.29. The average Bonchev–Trinajstić information content (AvgIpc) is 2.91. The number of hydrogen-bond donors (Lipinski definition) is 0. The first-order valence-corrected chi connectivity index (χ1v) is 14.2. The lowest BCUT2D eigenvalue weighted by Crippen LogP contribution is -2.61. The van der Waals surface area contributed by atoms with E-state index >= 15 is 0 Å². The van der Waals surface area contributed by atoms with E-state index in [9.17, 15) is 0 Å². The Morgan fingerprint density at radius 3 is 1.38 bits per heavy atom. The van der Waals surface area contributed by atoms with Gasteiger partial charge in [0.25, 0.3) is 0 Å². The van der Waals surface area contributed by atoms with Crippen molar-refractivity contribution in [3.8, 4) is 11.1 Å². The summed E-state index contributed by atoms with van der Waals surface area (Å²) < 4.78 is -0.00998. The van der Waals surface area contributed by atoms with Gasteiger partial charge in [0.05, 0.1) is 9.52 Å². The van der Waals surface area contributed by atoms with E-state index in [0.717, 1.165) is 0 Å². The van der Waals surface area contributed by atoms with Crippen LogP contribution in [0.5, 0.6) is 0 Å². The van der Waals surface area contributed by atoms with Crippen LogP contribution in [0.25, 0.3) is 11.1 Å². The largest absolute Gasteiger partial charge is 0.129 e. The van der Waals surface area contributed by atoms with Gasteiger partial charge in [0.2, 0.25) is 0 Å². The fraction of sp³-hybridized carbons (Fsp3) is 0.0625. The van der Waals surface area contributed by atoms with E-state index in [1.807, 2.05) is 0 Å². The lowest BCUT2D eigenvalue weighted by atomic mass is 10.0. The molecule has 0 saturated carbocycles. The zero-order valence-electron chi connectivity index (χ0n) is 19.4. The molecule has 34 heavy (non-hydrogen) atoms. The van der Waals surface area contributed by atoms with Crippen molar-refractivity contribution in [1.82, 2.24) is 0 Å². The van der Waals surface area contributed by atoms with Crippen molar-refractivity contribution < 1.29 is 0 Å². The van der Waals surface area contributed by atoms with E-state index < -0.39 is 8.80 Å². The van der Waals surface area contributed by atoms with Crippen LogP contribution in [0.15, 0.2) is 146 Å². The van der Waals surface area contributed by atoms with Crippen LogP contribution in [0.3, 0.4) is 0 Å². The highest BCUT2D eigenvalue weighted by Gasteiger charge is 2.40. The molecule has 0 heterocycles. The second-order valence-electron chi connectivity index (χ2n) is 8.67. The van der Waals surface area contributed by atoms with E-state index in [1.165, 1.54) is 32.3 Å². The maximum Gasteiger partial charge on any atom is 0.129 e. The summed E-state index contributed by atoms with van der Waals surface area (Å²) in [7, 11) is -0.485. The molecule has 5 aromatic carbocycles. The SMILES string of the molecule is CC([Si]c1ccccc1)(c1ccc(-c2ccccc2)cc1)[Si](c1ccccc1)c1ccccc1. The molecule has 0 spiro atoms. The Morgan fingerprint density at radius 2 is 0.882 bits per heavy atom. The number of hydrogen-bond acceptors (Lipinski definition) is 0. The molecule has 0 fully saturated rings. The van der Waals surface area contributed by atoms with Gasteiger partial charge in [-0.15, -0.1) is 0 Å². The van der Waals surface area contributed by atoms with Crippen LogP contribution in [0.4, 0.5) is 0 Å². The Bertz CT molecular complexity index is 1260. The molecule has 0 saturated heterocycles. The minimum atomic E-state index is -1.15. The molecule has 1 atom stereocenters. The standard InChI is InChI=1S/C32H27Si2/c1-32(33-29-16-8-3-9-17-29,28-24-22-27(23-25-28)26-14-6-2-7-15-26)34(30-18-10-4-11-19-30)31-20-12-5-13-21-31/h2-25H,1H3. The van der Waals surface area contributed by atoms with Crippen LogP contribution in [0.2, 0.25) is 0 Å². The van der Waals surface area contributed by atoms with Gasteiger partial charge in [-0.05, 0) is 21.4 Å². The summed E-state index contributed by atoms with van der Waals surface area (Å²) >= 11 is 0. The Hall–Kier alpha value is -3.47. The fourth-order valence-electron chi connectivity index (χ4n) is 4.67. The predicted molar refractivity (Wildman–Crippen MR) is 149 cm³/mol. The monoisotopic (exact) mass is 467 g/mol. The van der Waals surface area contributed by atoms with Gasteiger partial charge in [-0.3, -0.25) is 0 Å². The van der Waals surface area contributed by atoms with E-state index in [-0.39, 0.29) is 4.66 Å². The molecule has 0 bridgehead atoms. The van der Waals surface area contributed by atoms with Crippen molar-refractivity contribution in [1.29, 1.82) is 0 Å². The van der Waals surface area contributed by atoms with Crippen LogP contribution >= 0.6 is 0 Å². The van der Waals surface area contributed by atoms with Crippen LogP contribution in [0.1, 0.15) is 12.5 Å². The topological polar surface area (TPSA) is 0 Å². The second kappa shape index (κ2) is 10.2. The van der Waals surface area contributed by atoms with E-state index in [0.29, 0.717) is 9.52 Å². The minimum Gasteiger partial charge on any atom is -0.0636 e. The molecule has 0 amide bonds. The Morgan fingerprint density at radius 1 is 0.471 bits per heavy atom. The quantitative estimate of drug-likeness (QED) is 0.279. The zero-order valence-corrected chi connectivity index (χ0v) is 21.4. The summed E-state index contributed by atoms with van der Waals surface area (Å²) in [5.74, 6) is 0. The van der Waals surface area contributed by atoms with Gasteiger partial charge in [0, 0.05) is 0 Å². The van der Waals surface area contributed by atoms with Crippen molar-refractivity contribution in [2.75, 3.05) is 0 Å². The molecule has 2 heteroatoms. The summed E-state index contributed by atoms with van der Waals surface area (Å²) in [6.07, 6.45) is 0. The number of benzene rings is 5. The van der Waals surface area contributed by atoms with Crippen molar-refractivity contribution in [2.24, 2.45) is 0 Å². The molecule has 5 aromatic rings. The third-order valence-electron chi connectivity index (χ3n) is 6.36. The van der Waals surface area contributed by atoms with Gasteiger partial charge in [-0.2, -0.15) is 0 Å². The highest BCUT2D eigenvalue weighted by atomic mass is 28.3. The van der Waals surface area contributed by atoms with E-state index in [2.05, 4.69) is 153 Å². The van der Waals surface area contributed by atoms with Crippen molar-refractivity contribution in [2.45, 2.75) is 11.6 Å². The first kappa shape index (κ1) is 22.3. The van der Waals surface area contributed by atoms with Crippen LogP contribution in [-0.4, -0.2) is 18.3 Å². The molecule has 1 unspecified atom stereocenters. The van der Waals surface area contributed by atoms with E-state index in [1.54, 1.807) is 0 Å². The van der Waals surface area contributed by atoms with Crippen molar-refractivity contribution in [3.63, 3.8) is 0 Å². The summed E-state index contributed by atoms with van der Waals surface area (Å²) in [5.41, 5.74) is 3.94. The van der Waals surface area contributed by atoms with Gasteiger partial charge in [-0.1, -0.05) is 168 Å². The zero-order chi connectivity index (χ0) is 23.2. The molecule has 0 N–H and O–H groups in total. The third-order valence-corrected chi connectivity index (χ3v) is 12.0. The molecule has 0 aliphatic rings. The molecule has 0 aliphatic carbocycles. The van der Waals surface area contributed by atoms with Crippen LogP contribution in [-0.2, 0) is 4.66 Å². The third kappa shape index (κ3) is 4.74. The summed E-state index contributed by atoms with van der Waals surface area (Å²) in [5, 5.41) is 4.32. The smallest absolute Gasteiger partial charge is 0.0636 e. The van der Waals surface area contributed by atoms with Crippen molar-refractivity contribution in [3.05, 3.63) is 151 Å². The first-order chi connectivity index (χ1) is 16.7. The highest BCUT2D eigenvalue weighted by molar-refractivity contribution is 6.95. The predicted octanol–water partition coefficient (Wildman–Crippen LogP) is 5.45.